The molecule has 4 nitrogen and oxygen atoms in total. The Hall–Kier alpha value is -1.33. The zero-order valence-electron chi connectivity index (χ0n) is 6.27. The van der Waals surface area contributed by atoms with Gasteiger partial charge >= 0.3 is 7.12 Å². The fourth-order valence-corrected chi connectivity index (χ4v) is 0.728. The molecule has 1 amide bonds. The lowest BCUT2D eigenvalue weighted by molar-refractivity contribution is 0.258. The molecular weight excluding hydrogens is 157 g/mol. The summed E-state index contributed by atoms with van der Waals surface area (Å²) in [6.07, 6.45) is 0. The summed E-state index contributed by atoms with van der Waals surface area (Å²) in [7, 11) is -1.97. The maximum Gasteiger partial charge on any atom is 0.552 e. The first-order valence-electron chi connectivity index (χ1n) is 3.42. The van der Waals surface area contributed by atoms with E-state index in [-0.39, 0.29) is 0 Å². The van der Waals surface area contributed by atoms with Crippen molar-refractivity contribution >= 4 is 18.6 Å². The van der Waals surface area contributed by atoms with Gasteiger partial charge in [-0.2, -0.15) is 0 Å². The Bertz CT molecular complexity index is 263. The second kappa shape index (κ2) is 3.89. The number of para-hydroxylation sites is 1. The summed E-state index contributed by atoms with van der Waals surface area (Å²) in [5.41, 5.74) is 0.538. The fraction of sp³-hybridized carbons (Fsp3) is 0. The first-order chi connectivity index (χ1) is 5.70. The zero-order valence-corrected chi connectivity index (χ0v) is 6.27. The van der Waals surface area contributed by atoms with E-state index in [2.05, 4.69) is 5.32 Å². The van der Waals surface area contributed by atoms with Crippen molar-refractivity contribution < 1.29 is 14.8 Å². The summed E-state index contributed by atoms with van der Waals surface area (Å²) in [5, 5.41) is 19.2. The van der Waals surface area contributed by atoms with Crippen LogP contribution in [0.15, 0.2) is 30.3 Å². The molecule has 0 atom stereocenters. The van der Waals surface area contributed by atoms with Gasteiger partial charge in [0.05, 0.1) is 0 Å². The van der Waals surface area contributed by atoms with Crippen LogP contribution in [-0.4, -0.2) is 23.0 Å². The van der Waals surface area contributed by atoms with Crippen LogP contribution in [0.25, 0.3) is 0 Å². The van der Waals surface area contributed by atoms with E-state index in [4.69, 9.17) is 10.0 Å². The van der Waals surface area contributed by atoms with Gasteiger partial charge in [-0.15, -0.1) is 0 Å². The molecule has 0 aliphatic carbocycles. The lowest BCUT2D eigenvalue weighted by atomic mass is 9.90. The molecule has 0 saturated heterocycles. The number of carbonyl (C=O) groups is 1. The third-order valence-electron chi connectivity index (χ3n) is 1.28. The number of carbonyl (C=O) groups excluding carboxylic acids is 1. The lowest BCUT2D eigenvalue weighted by Crippen LogP contribution is -2.30. The van der Waals surface area contributed by atoms with Crippen molar-refractivity contribution in [3.63, 3.8) is 0 Å². The van der Waals surface area contributed by atoms with Crippen molar-refractivity contribution in [2.24, 2.45) is 0 Å². The zero-order chi connectivity index (χ0) is 8.97. The second-order valence-electron chi connectivity index (χ2n) is 2.23. The van der Waals surface area contributed by atoms with Gasteiger partial charge in [-0.1, -0.05) is 18.2 Å². The summed E-state index contributed by atoms with van der Waals surface area (Å²) in [4.78, 5) is 10.7. The van der Waals surface area contributed by atoms with Gasteiger partial charge in [0, 0.05) is 5.69 Å². The minimum atomic E-state index is -1.97. The fourth-order valence-electron chi connectivity index (χ4n) is 0.728. The maximum absolute atomic E-state index is 10.7. The predicted molar refractivity (Wildman–Crippen MR) is 45.7 cm³/mol. The third-order valence-corrected chi connectivity index (χ3v) is 1.28. The lowest BCUT2D eigenvalue weighted by Gasteiger charge is -2.02. The third kappa shape index (κ3) is 2.37. The summed E-state index contributed by atoms with van der Waals surface area (Å²) >= 11 is 0. The van der Waals surface area contributed by atoms with Crippen molar-refractivity contribution in [2.45, 2.75) is 0 Å². The van der Waals surface area contributed by atoms with Gasteiger partial charge < -0.3 is 15.4 Å². The second-order valence-corrected chi connectivity index (χ2v) is 2.23. The largest absolute Gasteiger partial charge is 0.552 e. The van der Waals surface area contributed by atoms with Crippen LogP contribution < -0.4 is 5.32 Å². The Morgan fingerprint density at radius 1 is 1.25 bits per heavy atom. The molecule has 3 N–H and O–H groups in total. The average molecular weight is 165 g/mol. The molecule has 1 aromatic rings. The van der Waals surface area contributed by atoms with Crippen molar-refractivity contribution in [3.8, 4) is 0 Å². The van der Waals surface area contributed by atoms with Crippen LogP contribution in [0.5, 0.6) is 0 Å². The molecule has 0 aliphatic rings. The molecule has 0 unspecified atom stereocenters. The van der Waals surface area contributed by atoms with Crippen LogP contribution in [0.4, 0.5) is 10.5 Å². The molecule has 0 spiro atoms. The van der Waals surface area contributed by atoms with E-state index < -0.39 is 12.9 Å². The molecule has 1 aromatic carbocycles. The van der Waals surface area contributed by atoms with E-state index in [0.717, 1.165) is 0 Å². The summed E-state index contributed by atoms with van der Waals surface area (Å²) in [5.74, 6) is -0.832. The number of amides is 1. The molecule has 5 heteroatoms. The number of benzene rings is 1. The van der Waals surface area contributed by atoms with Crippen LogP contribution in [0.3, 0.4) is 0 Å². The molecule has 12 heavy (non-hydrogen) atoms. The first-order valence-corrected chi connectivity index (χ1v) is 3.42. The van der Waals surface area contributed by atoms with Gasteiger partial charge in [0.15, 0.2) is 0 Å². The van der Waals surface area contributed by atoms with E-state index in [9.17, 15) is 4.79 Å². The minimum Gasteiger partial charge on any atom is -0.420 e. The number of anilines is 1. The number of hydrogen-bond donors (Lipinski definition) is 3. The average Bonchev–Trinajstić information content (AvgIpc) is 2.06. The van der Waals surface area contributed by atoms with Gasteiger partial charge in [-0.25, -0.2) is 0 Å². The van der Waals surface area contributed by atoms with Crippen LogP contribution in [0, 0.1) is 0 Å². The topological polar surface area (TPSA) is 69.6 Å². The summed E-state index contributed by atoms with van der Waals surface area (Å²) in [6.45, 7) is 0. The molecule has 0 heterocycles. The van der Waals surface area contributed by atoms with Crippen LogP contribution in [0.2, 0.25) is 0 Å². The smallest absolute Gasteiger partial charge is 0.420 e. The Morgan fingerprint density at radius 3 is 2.33 bits per heavy atom. The first kappa shape index (κ1) is 8.77. The van der Waals surface area contributed by atoms with E-state index in [1.165, 1.54) is 0 Å². The summed E-state index contributed by atoms with van der Waals surface area (Å²) in [6, 6.07) is 8.57. The van der Waals surface area contributed by atoms with Gasteiger partial charge in [-0.3, -0.25) is 4.79 Å². The van der Waals surface area contributed by atoms with Crippen molar-refractivity contribution in [2.75, 3.05) is 5.32 Å². The maximum atomic E-state index is 10.7. The molecule has 62 valence electrons. The Morgan fingerprint density at radius 2 is 1.83 bits per heavy atom. The highest BCUT2D eigenvalue weighted by molar-refractivity contribution is 6.80. The van der Waals surface area contributed by atoms with Gasteiger partial charge in [-0.05, 0) is 12.1 Å². The molecule has 0 bridgehead atoms. The monoisotopic (exact) mass is 165 g/mol. The van der Waals surface area contributed by atoms with Gasteiger partial charge in [0.1, 0.15) is 0 Å². The highest BCUT2D eigenvalue weighted by Crippen LogP contribution is 2.04. The quantitative estimate of drug-likeness (QED) is 0.551. The molecule has 0 aromatic heterocycles. The Kier molecular flexibility index (Phi) is 2.84. The Balaban J connectivity index is 2.59. The van der Waals surface area contributed by atoms with Gasteiger partial charge in [0.25, 0.3) is 5.81 Å². The van der Waals surface area contributed by atoms with Crippen molar-refractivity contribution in [1.29, 1.82) is 0 Å². The van der Waals surface area contributed by atoms with Crippen LogP contribution >= 0.6 is 0 Å². The van der Waals surface area contributed by atoms with E-state index in [1.807, 2.05) is 0 Å². The Labute approximate surface area is 70.0 Å². The molecule has 1 rings (SSSR count). The van der Waals surface area contributed by atoms with E-state index >= 15 is 0 Å². The minimum absolute atomic E-state index is 0.538. The standard InChI is InChI=1S/C7H8BNO3/c10-7(8(11)12)9-6-4-2-1-3-5-6/h1-5,11-12H,(H,9,10). The molecule has 0 fully saturated rings. The van der Waals surface area contributed by atoms with Crippen molar-refractivity contribution in [1.82, 2.24) is 0 Å². The highest BCUT2D eigenvalue weighted by Gasteiger charge is 2.18. The van der Waals surface area contributed by atoms with Gasteiger partial charge in [0.2, 0.25) is 0 Å². The summed E-state index contributed by atoms with van der Waals surface area (Å²) < 4.78 is 0. The molecule has 0 aliphatic heterocycles. The van der Waals surface area contributed by atoms with Crippen molar-refractivity contribution in [3.05, 3.63) is 30.3 Å². The van der Waals surface area contributed by atoms with E-state index in [0.29, 0.717) is 5.69 Å². The normalized spacial score (nSPS) is 9.17. The van der Waals surface area contributed by atoms with Crippen LogP contribution in [0.1, 0.15) is 0 Å². The highest BCUT2D eigenvalue weighted by atomic mass is 16.4. The van der Waals surface area contributed by atoms with E-state index in [1.54, 1.807) is 30.3 Å². The number of hydrogen-bond acceptors (Lipinski definition) is 3. The molecular formula is C7H8BNO3. The SMILES string of the molecule is O=C(Nc1ccccc1)B(O)O. The predicted octanol–water partition coefficient (Wildman–Crippen LogP) is 0.273. The number of nitrogens with one attached hydrogen (secondary N) is 1. The molecule has 0 saturated carbocycles. The van der Waals surface area contributed by atoms with Crippen LogP contribution in [-0.2, 0) is 0 Å². The molecule has 0 radical (unpaired) electrons. The number of rotatable bonds is 2.